The lowest BCUT2D eigenvalue weighted by molar-refractivity contribution is -0.114. The number of anilines is 1. The highest BCUT2D eigenvalue weighted by Crippen LogP contribution is 2.33. The summed E-state index contributed by atoms with van der Waals surface area (Å²) in [5, 5.41) is 4.10. The van der Waals surface area contributed by atoms with Crippen molar-refractivity contribution in [2.75, 3.05) is 12.1 Å². The molecule has 0 aromatic heterocycles. The van der Waals surface area contributed by atoms with Crippen molar-refractivity contribution in [2.45, 2.75) is 13.8 Å². The summed E-state index contributed by atoms with van der Waals surface area (Å²) in [5.74, 6) is -6.72. The summed E-state index contributed by atoms with van der Waals surface area (Å²) in [6, 6.07) is 7.10. The number of carbonyl (C=O) groups excluding carboxylic acids is 1. The van der Waals surface area contributed by atoms with Crippen molar-refractivity contribution in [1.29, 1.82) is 0 Å². The second kappa shape index (κ2) is 7.90. The van der Waals surface area contributed by atoms with Crippen molar-refractivity contribution in [3.63, 3.8) is 0 Å². The maximum atomic E-state index is 14.2. The molecular weight excluding hydrogens is 388 g/mol. The minimum Gasteiger partial charge on any atom is -0.497 e. The van der Waals surface area contributed by atoms with E-state index in [0.29, 0.717) is 10.8 Å². The zero-order chi connectivity index (χ0) is 21.3. The van der Waals surface area contributed by atoms with Crippen LogP contribution in [0.3, 0.4) is 0 Å². The molecule has 0 saturated heterocycles. The second-order valence-corrected chi connectivity index (χ2v) is 6.24. The average molecular weight is 404 g/mol. The number of benzene rings is 2. The molecule has 1 amide bonds. The van der Waals surface area contributed by atoms with E-state index in [1.165, 1.54) is 13.0 Å². The van der Waals surface area contributed by atoms with Gasteiger partial charge in [-0.2, -0.15) is 10.1 Å². The Morgan fingerprint density at radius 3 is 2.10 bits per heavy atom. The van der Waals surface area contributed by atoms with Gasteiger partial charge in [0.1, 0.15) is 11.4 Å². The average Bonchev–Trinajstić information content (AvgIpc) is 2.99. The van der Waals surface area contributed by atoms with Crippen LogP contribution in [0.4, 0.5) is 23.2 Å². The highest BCUT2D eigenvalue weighted by Gasteiger charge is 2.35. The predicted molar refractivity (Wildman–Crippen MR) is 102 cm³/mol. The van der Waals surface area contributed by atoms with E-state index in [4.69, 9.17) is 4.74 Å². The molecule has 0 fully saturated rings. The molecule has 0 unspecified atom stereocenters. The maximum absolute atomic E-state index is 14.2. The Balaban J connectivity index is 1.91. The van der Waals surface area contributed by atoms with Gasteiger partial charge in [0.05, 0.1) is 18.4 Å². The summed E-state index contributed by atoms with van der Waals surface area (Å²) in [4.78, 5) is 12.6. The molecular formula is C21H16F4N2O2. The van der Waals surface area contributed by atoms with Crippen LogP contribution in [-0.2, 0) is 4.79 Å². The number of ether oxygens (including phenoxy) is 1. The van der Waals surface area contributed by atoms with Crippen LogP contribution in [0.25, 0.3) is 6.08 Å². The molecule has 8 heteroatoms. The monoisotopic (exact) mass is 404 g/mol. The molecule has 3 rings (SSSR count). The van der Waals surface area contributed by atoms with E-state index in [2.05, 4.69) is 5.10 Å². The normalized spacial score (nSPS) is 15.6. The van der Waals surface area contributed by atoms with Crippen molar-refractivity contribution in [3.05, 3.63) is 76.4 Å². The predicted octanol–water partition coefficient (Wildman–Crippen LogP) is 4.92. The summed E-state index contributed by atoms with van der Waals surface area (Å²) in [6.07, 6.45) is 4.66. The molecule has 0 spiro atoms. The first-order chi connectivity index (χ1) is 13.8. The van der Waals surface area contributed by atoms with Crippen LogP contribution in [0, 0.1) is 30.2 Å². The summed E-state index contributed by atoms with van der Waals surface area (Å²) in [6.45, 7) is 2.35. The number of allylic oxidation sites excluding steroid dienone is 2. The third-order valence-electron chi connectivity index (χ3n) is 4.40. The summed E-state index contributed by atoms with van der Waals surface area (Å²) in [7, 11) is 1.55. The Labute approximate surface area is 164 Å². The summed E-state index contributed by atoms with van der Waals surface area (Å²) in [5.41, 5.74) is -0.990. The van der Waals surface area contributed by atoms with Gasteiger partial charge in [0.15, 0.2) is 23.3 Å². The highest BCUT2D eigenvalue weighted by molar-refractivity contribution is 6.29. The van der Waals surface area contributed by atoms with Gasteiger partial charge in [-0.15, -0.1) is 0 Å². The van der Waals surface area contributed by atoms with Crippen LogP contribution < -0.4 is 9.75 Å². The molecule has 0 aliphatic carbocycles. The first-order valence-corrected chi connectivity index (χ1v) is 8.51. The van der Waals surface area contributed by atoms with Crippen molar-refractivity contribution in [2.24, 2.45) is 5.10 Å². The second-order valence-electron chi connectivity index (χ2n) is 6.24. The van der Waals surface area contributed by atoms with Gasteiger partial charge in [-0.3, -0.25) is 4.79 Å². The van der Waals surface area contributed by atoms with Crippen molar-refractivity contribution >= 4 is 23.4 Å². The first kappa shape index (κ1) is 20.3. The van der Waals surface area contributed by atoms with E-state index in [-0.39, 0.29) is 11.3 Å². The van der Waals surface area contributed by atoms with Crippen LogP contribution in [0.2, 0.25) is 0 Å². The molecule has 0 bridgehead atoms. The molecule has 1 heterocycles. The zero-order valence-corrected chi connectivity index (χ0v) is 15.8. The van der Waals surface area contributed by atoms with Crippen LogP contribution in [0.1, 0.15) is 18.1 Å². The van der Waals surface area contributed by atoms with Gasteiger partial charge in [-0.25, -0.2) is 17.6 Å². The molecule has 0 atom stereocenters. The van der Waals surface area contributed by atoms with Gasteiger partial charge in [0.2, 0.25) is 0 Å². The number of halogens is 4. The van der Waals surface area contributed by atoms with Crippen molar-refractivity contribution in [1.82, 2.24) is 0 Å². The fourth-order valence-electron chi connectivity index (χ4n) is 2.75. The highest BCUT2D eigenvalue weighted by atomic mass is 19.2. The van der Waals surface area contributed by atoms with Crippen molar-refractivity contribution < 1.29 is 27.1 Å². The third kappa shape index (κ3) is 3.65. The van der Waals surface area contributed by atoms with E-state index in [1.54, 1.807) is 43.5 Å². The number of amides is 1. The van der Waals surface area contributed by atoms with Crippen LogP contribution in [0.5, 0.6) is 5.75 Å². The largest absolute Gasteiger partial charge is 0.497 e. The van der Waals surface area contributed by atoms with Gasteiger partial charge in [0, 0.05) is 5.56 Å². The standard InChI is InChI=1S/C21H16F4N2O2/c1-11-16(22)18(24)20(19(25)17(11)23)27-21(28)15(12(2)26-27)6-4-5-13-7-9-14(29-3)10-8-13/h4-10H,1-3H3/b5-4+,15-6-. The minimum absolute atomic E-state index is 0.0370. The lowest BCUT2D eigenvalue weighted by Gasteiger charge is -2.15. The molecule has 0 saturated carbocycles. The third-order valence-corrected chi connectivity index (χ3v) is 4.40. The number of rotatable bonds is 4. The summed E-state index contributed by atoms with van der Waals surface area (Å²) >= 11 is 0. The van der Waals surface area contributed by atoms with E-state index in [1.807, 2.05) is 0 Å². The van der Waals surface area contributed by atoms with Crippen LogP contribution in [-0.4, -0.2) is 18.7 Å². The molecule has 0 radical (unpaired) electrons. The van der Waals surface area contributed by atoms with Crippen LogP contribution in [0.15, 0.2) is 47.1 Å². The van der Waals surface area contributed by atoms with E-state index in [0.717, 1.165) is 12.5 Å². The Morgan fingerprint density at radius 1 is 0.966 bits per heavy atom. The number of nitrogens with zero attached hydrogens (tertiary/aromatic N) is 2. The van der Waals surface area contributed by atoms with E-state index < -0.39 is 40.4 Å². The van der Waals surface area contributed by atoms with Crippen LogP contribution >= 0.6 is 0 Å². The van der Waals surface area contributed by atoms with Gasteiger partial charge in [-0.05, 0) is 37.6 Å². The Morgan fingerprint density at radius 2 is 1.55 bits per heavy atom. The number of hydrazone groups is 1. The summed E-state index contributed by atoms with van der Waals surface area (Å²) < 4.78 is 61.2. The lowest BCUT2D eigenvalue weighted by Crippen LogP contribution is -2.25. The fraction of sp³-hybridized carbons (Fsp3) is 0.143. The van der Waals surface area contributed by atoms with Crippen molar-refractivity contribution in [3.8, 4) is 5.75 Å². The quantitative estimate of drug-likeness (QED) is 0.412. The Hall–Kier alpha value is -3.42. The molecule has 150 valence electrons. The zero-order valence-electron chi connectivity index (χ0n) is 15.8. The Bertz CT molecular complexity index is 1040. The van der Waals surface area contributed by atoms with E-state index in [9.17, 15) is 22.4 Å². The maximum Gasteiger partial charge on any atom is 0.280 e. The smallest absolute Gasteiger partial charge is 0.280 e. The lowest BCUT2D eigenvalue weighted by atomic mass is 10.1. The molecule has 4 nitrogen and oxygen atoms in total. The number of hydrogen-bond donors (Lipinski definition) is 0. The molecule has 0 N–H and O–H groups in total. The van der Waals surface area contributed by atoms with E-state index >= 15 is 0 Å². The van der Waals surface area contributed by atoms with Gasteiger partial charge >= 0.3 is 0 Å². The van der Waals surface area contributed by atoms with Gasteiger partial charge < -0.3 is 4.74 Å². The topological polar surface area (TPSA) is 41.9 Å². The molecule has 2 aromatic carbocycles. The molecule has 29 heavy (non-hydrogen) atoms. The minimum atomic E-state index is -1.68. The number of carbonyl (C=O) groups is 1. The van der Waals surface area contributed by atoms with Gasteiger partial charge in [-0.1, -0.05) is 24.3 Å². The fourth-order valence-corrected chi connectivity index (χ4v) is 2.75. The molecule has 1 aliphatic heterocycles. The molecule has 1 aliphatic rings. The molecule has 2 aromatic rings. The first-order valence-electron chi connectivity index (χ1n) is 8.51. The van der Waals surface area contributed by atoms with Gasteiger partial charge in [0.25, 0.3) is 5.91 Å². The number of hydrogen-bond acceptors (Lipinski definition) is 3. The SMILES string of the molecule is COc1ccc(/C=C/C=C2\C(=O)N(c3c(F)c(F)c(C)c(F)c3F)N=C2C)cc1. The number of methoxy groups -OCH3 is 1. The Kier molecular flexibility index (Phi) is 5.54.